The van der Waals surface area contributed by atoms with Crippen molar-refractivity contribution in [3.05, 3.63) is 24.0 Å². The van der Waals surface area contributed by atoms with Gasteiger partial charge in [-0.15, -0.1) is 0 Å². The van der Waals surface area contributed by atoms with Crippen molar-refractivity contribution in [2.75, 3.05) is 11.9 Å². The van der Waals surface area contributed by atoms with Crippen LogP contribution >= 0.6 is 0 Å². The van der Waals surface area contributed by atoms with E-state index in [9.17, 15) is 0 Å². The van der Waals surface area contributed by atoms with Crippen LogP contribution in [0.4, 0.5) is 5.69 Å². The summed E-state index contributed by atoms with van der Waals surface area (Å²) in [5.41, 5.74) is 2.34. The van der Waals surface area contributed by atoms with E-state index in [4.69, 9.17) is 4.74 Å². The monoisotopic (exact) mass is 262 g/mol. The van der Waals surface area contributed by atoms with Gasteiger partial charge in [-0.1, -0.05) is 27.7 Å². The lowest BCUT2D eigenvalue weighted by Gasteiger charge is -2.52. The van der Waals surface area contributed by atoms with E-state index in [-0.39, 0.29) is 5.41 Å². The molecule has 1 N–H and O–H groups in total. The minimum Gasteiger partial charge on any atom is -0.380 e. The summed E-state index contributed by atoms with van der Waals surface area (Å²) >= 11 is 0. The molecule has 0 radical (unpaired) electrons. The zero-order valence-electron chi connectivity index (χ0n) is 12.7. The fourth-order valence-corrected chi connectivity index (χ4v) is 2.48. The van der Waals surface area contributed by atoms with E-state index in [0.717, 1.165) is 24.4 Å². The van der Waals surface area contributed by atoms with Crippen LogP contribution in [0.3, 0.4) is 0 Å². The average molecular weight is 262 g/mol. The lowest BCUT2D eigenvalue weighted by molar-refractivity contribution is -0.108. The van der Waals surface area contributed by atoms with Gasteiger partial charge in [-0.05, 0) is 31.4 Å². The summed E-state index contributed by atoms with van der Waals surface area (Å²) in [7, 11) is 0. The van der Waals surface area contributed by atoms with E-state index in [0.29, 0.717) is 18.1 Å². The van der Waals surface area contributed by atoms with E-state index >= 15 is 0 Å². The number of aromatic nitrogens is 1. The molecule has 0 aromatic carbocycles. The average Bonchev–Trinajstić information content (AvgIpc) is 2.34. The van der Waals surface area contributed by atoms with E-state index in [2.05, 4.69) is 44.1 Å². The Hall–Kier alpha value is -1.09. The molecule has 3 heteroatoms. The lowest BCUT2D eigenvalue weighted by atomic mass is 9.64. The molecule has 1 heterocycles. The number of pyridine rings is 1. The van der Waals surface area contributed by atoms with Crippen LogP contribution in [0.2, 0.25) is 0 Å². The van der Waals surface area contributed by atoms with Crippen LogP contribution in [-0.2, 0) is 4.74 Å². The largest absolute Gasteiger partial charge is 0.380 e. The van der Waals surface area contributed by atoms with Gasteiger partial charge in [0.1, 0.15) is 0 Å². The third-order valence-electron chi connectivity index (χ3n) is 4.06. The maximum atomic E-state index is 5.99. The molecule has 2 unspecified atom stereocenters. The molecule has 0 saturated heterocycles. The molecule has 19 heavy (non-hydrogen) atoms. The van der Waals surface area contributed by atoms with Crippen molar-refractivity contribution in [1.82, 2.24) is 4.98 Å². The highest BCUT2D eigenvalue weighted by atomic mass is 16.5. The van der Waals surface area contributed by atoms with Crippen LogP contribution < -0.4 is 5.32 Å². The third-order valence-corrected chi connectivity index (χ3v) is 4.06. The first kappa shape index (κ1) is 14.3. The molecule has 3 nitrogen and oxygen atoms in total. The SMILES string of the molecule is Cc1ccc(NC2CC(OCC(C)C)C2(C)C)cn1. The predicted molar refractivity (Wildman–Crippen MR) is 79.4 cm³/mol. The van der Waals surface area contributed by atoms with Gasteiger partial charge in [0.15, 0.2) is 0 Å². The van der Waals surface area contributed by atoms with E-state index < -0.39 is 0 Å². The second kappa shape index (κ2) is 5.49. The second-order valence-electron chi connectivity index (χ2n) is 6.66. The van der Waals surface area contributed by atoms with E-state index in [1.165, 1.54) is 0 Å². The predicted octanol–water partition coefficient (Wildman–Crippen LogP) is 3.64. The van der Waals surface area contributed by atoms with Crippen LogP contribution in [-0.4, -0.2) is 23.7 Å². The summed E-state index contributed by atoms with van der Waals surface area (Å²) in [4.78, 5) is 4.32. The molecule has 0 spiro atoms. The normalized spacial score (nSPS) is 25.2. The Balaban J connectivity index is 1.88. The zero-order chi connectivity index (χ0) is 14.0. The Labute approximate surface area is 116 Å². The van der Waals surface area contributed by atoms with Crippen molar-refractivity contribution in [2.24, 2.45) is 11.3 Å². The first-order chi connectivity index (χ1) is 8.89. The topological polar surface area (TPSA) is 34.1 Å². The van der Waals surface area contributed by atoms with Gasteiger partial charge in [0, 0.05) is 23.8 Å². The summed E-state index contributed by atoms with van der Waals surface area (Å²) in [6.07, 6.45) is 3.35. The van der Waals surface area contributed by atoms with Crippen molar-refractivity contribution in [1.29, 1.82) is 0 Å². The quantitative estimate of drug-likeness (QED) is 0.879. The number of hydrogen-bond donors (Lipinski definition) is 1. The Morgan fingerprint density at radius 3 is 2.68 bits per heavy atom. The van der Waals surface area contributed by atoms with Gasteiger partial charge in [-0.25, -0.2) is 0 Å². The van der Waals surface area contributed by atoms with Crippen LogP contribution in [0.15, 0.2) is 18.3 Å². The number of aryl methyl sites for hydroxylation is 1. The minimum atomic E-state index is 0.180. The zero-order valence-corrected chi connectivity index (χ0v) is 12.7. The number of anilines is 1. The van der Waals surface area contributed by atoms with E-state index in [1.807, 2.05) is 19.2 Å². The van der Waals surface area contributed by atoms with Crippen molar-refractivity contribution in [3.63, 3.8) is 0 Å². The minimum absolute atomic E-state index is 0.180. The van der Waals surface area contributed by atoms with Crippen molar-refractivity contribution < 1.29 is 4.74 Å². The molecule has 0 amide bonds. The smallest absolute Gasteiger partial charge is 0.0665 e. The van der Waals surface area contributed by atoms with Crippen LogP contribution in [0.5, 0.6) is 0 Å². The molecule has 0 bridgehead atoms. The van der Waals surface area contributed by atoms with Crippen molar-refractivity contribution in [2.45, 2.75) is 53.2 Å². The number of ether oxygens (including phenoxy) is 1. The van der Waals surface area contributed by atoms with Gasteiger partial charge in [-0.2, -0.15) is 0 Å². The molecular formula is C16H26N2O. The first-order valence-electron chi connectivity index (χ1n) is 7.20. The van der Waals surface area contributed by atoms with Gasteiger partial charge in [-0.3, -0.25) is 4.98 Å². The van der Waals surface area contributed by atoms with E-state index in [1.54, 1.807) is 0 Å². The number of nitrogens with zero attached hydrogens (tertiary/aromatic N) is 1. The molecule has 1 saturated carbocycles. The molecule has 2 rings (SSSR count). The fourth-order valence-electron chi connectivity index (χ4n) is 2.48. The Bertz CT molecular complexity index is 411. The summed E-state index contributed by atoms with van der Waals surface area (Å²) in [5.74, 6) is 0.601. The molecule has 1 aromatic heterocycles. The summed E-state index contributed by atoms with van der Waals surface area (Å²) in [6.45, 7) is 11.8. The van der Waals surface area contributed by atoms with Gasteiger partial charge in [0.25, 0.3) is 0 Å². The van der Waals surface area contributed by atoms with Crippen LogP contribution in [0.1, 0.15) is 39.8 Å². The molecule has 1 fully saturated rings. The molecule has 1 aliphatic carbocycles. The standard InChI is InChI=1S/C16H26N2O/c1-11(2)10-19-15-8-14(16(15,4)5)18-13-7-6-12(3)17-9-13/h6-7,9,11,14-15,18H,8,10H2,1-5H3. The molecular weight excluding hydrogens is 236 g/mol. The van der Waals surface area contributed by atoms with Crippen LogP contribution in [0, 0.1) is 18.3 Å². The Kier molecular flexibility index (Phi) is 4.14. The van der Waals surface area contributed by atoms with Gasteiger partial charge < -0.3 is 10.1 Å². The lowest BCUT2D eigenvalue weighted by Crippen LogP contribution is -2.58. The van der Waals surface area contributed by atoms with Crippen molar-refractivity contribution >= 4 is 5.69 Å². The van der Waals surface area contributed by atoms with Crippen LogP contribution in [0.25, 0.3) is 0 Å². The molecule has 106 valence electrons. The highest BCUT2D eigenvalue weighted by molar-refractivity contribution is 5.43. The second-order valence-corrected chi connectivity index (χ2v) is 6.66. The molecule has 1 aliphatic rings. The molecule has 1 aromatic rings. The highest BCUT2D eigenvalue weighted by Crippen LogP contribution is 2.44. The summed E-state index contributed by atoms with van der Waals surface area (Å²) in [5, 5.41) is 3.57. The van der Waals surface area contributed by atoms with Crippen molar-refractivity contribution in [3.8, 4) is 0 Å². The highest BCUT2D eigenvalue weighted by Gasteiger charge is 2.49. The van der Waals surface area contributed by atoms with Gasteiger partial charge in [0.05, 0.1) is 18.0 Å². The number of nitrogens with one attached hydrogen (secondary N) is 1. The third kappa shape index (κ3) is 3.27. The van der Waals surface area contributed by atoms with Gasteiger partial charge in [0.2, 0.25) is 0 Å². The van der Waals surface area contributed by atoms with Gasteiger partial charge >= 0.3 is 0 Å². The molecule has 0 aliphatic heterocycles. The maximum absolute atomic E-state index is 5.99. The Morgan fingerprint density at radius 1 is 1.42 bits per heavy atom. The maximum Gasteiger partial charge on any atom is 0.0665 e. The fraction of sp³-hybridized carbons (Fsp3) is 0.688. The first-order valence-corrected chi connectivity index (χ1v) is 7.20. The molecule has 2 atom stereocenters. The number of hydrogen-bond acceptors (Lipinski definition) is 3. The Morgan fingerprint density at radius 2 is 2.16 bits per heavy atom. The summed E-state index contributed by atoms with van der Waals surface area (Å²) < 4.78 is 5.99. The number of rotatable bonds is 5. The summed E-state index contributed by atoms with van der Waals surface area (Å²) in [6, 6.07) is 4.61.